The molecule has 2 aliphatic heterocycles. The molecule has 0 amide bonds. The molecule has 7 rings (SSSR count). The fraction of sp³-hybridized carbons (Fsp3) is 0.400. The largest absolute Gasteiger partial charge is 0.481 e. The summed E-state index contributed by atoms with van der Waals surface area (Å²) in [6.45, 7) is 2.77. The van der Waals surface area contributed by atoms with Crippen LogP contribution in [0.15, 0.2) is 47.5 Å². The highest BCUT2D eigenvalue weighted by Crippen LogP contribution is 2.40. The maximum Gasteiger partial charge on any atom is 0.304 e. The second-order valence-corrected chi connectivity index (χ2v) is 13.4. The van der Waals surface area contributed by atoms with E-state index in [0.29, 0.717) is 0 Å². The first kappa shape index (κ1) is 27.0. The van der Waals surface area contributed by atoms with Crippen LogP contribution >= 0.6 is 0 Å². The molecule has 1 spiro atoms. The number of carboxylic acids is 1. The number of hydrogen-bond donors (Lipinski definition) is 1. The third-order valence-electron chi connectivity index (χ3n) is 8.77. The number of ether oxygens (including phenoxy) is 2. The number of pyridine rings is 1. The van der Waals surface area contributed by atoms with Crippen molar-refractivity contribution in [1.82, 2.24) is 24.3 Å². The van der Waals surface area contributed by atoms with E-state index in [0.717, 1.165) is 63.7 Å². The third kappa shape index (κ3) is 4.36. The van der Waals surface area contributed by atoms with Gasteiger partial charge in [-0.15, -0.1) is 5.10 Å². The number of sulfonamides is 1. The molecule has 1 atom stereocenters. The summed E-state index contributed by atoms with van der Waals surface area (Å²) in [6, 6.07) is 11.1. The fourth-order valence-electron chi connectivity index (χ4n) is 6.62. The van der Waals surface area contributed by atoms with Crippen molar-refractivity contribution in [3.05, 3.63) is 76.0 Å². The summed E-state index contributed by atoms with van der Waals surface area (Å²) >= 11 is 0. The van der Waals surface area contributed by atoms with Crippen molar-refractivity contribution in [2.45, 2.75) is 55.6 Å². The first-order valence-corrected chi connectivity index (χ1v) is 15.5. The van der Waals surface area contributed by atoms with Gasteiger partial charge in [-0.2, -0.15) is 4.31 Å². The van der Waals surface area contributed by atoms with Crippen LogP contribution in [0.2, 0.25) is 0 Å². The van der Waals surface area contributed by atoms with Gasteiger partial charge in [0, 0.05) is 25.7 Å². The van der Waals surface area contributed by atoms with E-state index in [2.05, 4.69) is 21.4 Å². The van der Waals surface area contributed by atoms with Gasteiger partial charge in [0.1, 0.15) is 10.4 Å². The Morgan fingerprint density at radius 2 is 2.02 bits per heavy atom. The lowest BCUT2D eigenvalue weighted by Crippen LogP contribution is -2.60. The molecule has 12 heteroatoms. The molecular weight excluding hydrogens is 558 g/mol. The maximum absolute atomic E-state index is 14.0. The van der Waals surface area contributed by atoms with Crippen molar-refractivity contribution in [2.75, 3.05) is 19.8 Å². The van der Waals surface area contributed by atoms with E-state index in [9.17, 15) is 18.3 Å². The molecule has 2 aromatic heterocycles. The zero-order valence-electron chi connectivity index (χ0n) is 23.4. The summed E-state index contributed by atoms with van der Waals surface area (Å²) in [5, 5.41) is 18.4. The molecule has 0 saturated carbocycles. The molecule has 0 radical (unpaired) electrons. The molecule has 0 bridgehead atoms. The number of benzene rings is 2. The Morgan fingerprint density at radius 1 is 1.19 bits per heavy atom. The molecule has 3 aliphatic rings. The number of fused-ring (bicyclic) bond motifs is 3. The Labute approximate surface area is 243 Å². The lowest BCUT2D eigenvalue weighted by atomic mass is 9.83. The topological polar surface area (TPSA) is 137 Å². The molecule has 2 aromatic carbocycles. The summed E-state index contributed by atoms with van der Waals surface area (Å²) in [6.07, 6.45) is 4.07. The zero-order chi connectivity index (χ0) is 29.2. The Bertz CT molecular complexity index is 1850. The SMILES string of the molecule is Cc1c(C(CC(=O)O)c2cc3c(c(CN4CC5(COC5)Oc5ncccc5S4(=O)=O)c2)CCC3)ccc2c1nnn2C. The van der Waals surface area contributed by atoms with Gasteiger partial charge in [0.2, 0.25) is 15.9 Å². The van der Waals surface area contributed by atoms with Crippen LogP contribution in [0.3, 0.4) is 0 Å². The summed E-state index contributed by atoms with van der Waals surface area (Å²) in [7, 11) is -2.11. The van der Waals surface area contributed by atoms with Gasteiger partial charge in [-0.1, -0.05) is 23.4 Å². The van der Waals surface area contributed by atoms with Crippen LogP contribution in [0.25, 0.3) is 11.0 Å². The molecule has 1 N–H and O–H groups in total. The lowest BCUT2D eigenvalue weighted by Gasteiger charge is -2.41. The number of nitrogens with zero attached hydrogens (tertiary/aromatic N) is 5. The summed E-state index contributed by atoms with van der Waals surface area (Å²) in [4.78, 5) is 16.4. The second-order valence-electron chi connectivity index (χ2n) is 11.5. The van der Waals surface area contributed by atoms with E-state index >= 15 is 0 Å². The molecule has 4 heterocycles. The van der Waals surface area contributed by atoms with Crippen LogP contribution < -0.4 is 4.74 Å². The van der Waals surface area contributed by atoms with E-state index < -0.39 is 27.5 Å². The maximum atomic E-state index is 14.0. The molecule has 42 heavy (non-hydrogen) atoms. The average Bonchev–Trinajstić information content (AvgIpc) is 3.55. The number of carboxylic acid groups (broad SMARTS) is 1. The Morgan fingerprint density at radius 3 is 2.79 bits per heavy atom. The molecule has 1 fully saturated rings. The van der Waals surface area contributed by atoms with E-state index in [4.69, 9.17) is 9.47 Å². The quantitative estimate of drug-likeness (QED) is 0.360. The van der Waals surface area contributed by atoms with Gasteiger partial charge in [0.15, 0.2) is 5.60 Å². The van der Waals surface area contributed by atoms with Gasteiger partial charge in [0.25, 0.3) is 0 Å². The summed E-state index contributed by atoms with van der Waals surface area (Å²) in [5.74, 6) is -1.26. The standard InChI is InChI=1S/C30H31N5O6S/c1-18-22(8-9-25-28(18)32-33-34(25)2)24(13-27(36)37)20-11-19-5-3-6-23(19)21(12-20)14-35-15-30(16-40-17-30)41-29-26(42(35,38)39)7-4-10-31-29/h4,7-12,24H,3,5-6,13-17H2,1-2H3,(H,36,37). The van der Waals surface area contributed by atoms with E-state index in [1.165, 1.54) is 16.6 Å². The minimum atomic E-state index is -3.94. The number of rotatable bonds is 6. The monoisotopic (exact) mass is 589 g/mol. The number of aliphatic carboxylic acids is 1. The van der Waals surface area contributed by atoms with Crippen molar-refractivity contribution >= 4 is 27.0 Å². The fourth-order valence-corrected chi connectivity index (χ4v) is 8.18. The highest BCUT2D eigenvalue weighted by molar-refractivity contribution is 7.89. The summed E-state index contributed by atoms with van der Waals surface area (Å²) < 4.78 is 42.8. The molecule has 218 valence electrons. The molecule has 11 nitrogen and oxygen atoms in total. The van der Waals surface area contributed by atoms with Crippen LogP contribution in [-0.4, -0.2) is 69.1 Å². The van der Waals surface area contributed by atoms with Gasteiger partial charge in [-0.25, -0.2) is 18.1 Å². The van der Waals surface area contributed by atoms with Crippen LogP contribution in [0.4, 0.5) is 0 Å². The van der Waals surface area contributed by atoms with Crippen molar-refractivity contribution in [1.29, 1.82) is 0 Å². The number of aryl methyl sites for hydroxylation is 3. The predicted molar refractivity (Wildman–Crippen MR) is 152 cm³/mol. The van der Waals surface area contributed by atoms with Crippen LogP contribution in [0.1, 0.15) is 52.1 Å². The highest BCUT2D eigenvalue weighted by Gasteiger charge is 2.49. The van der Waals surface area contributed by atoms with Crippen LogP contribution in [-0.2, 0) is 46.0 Å². The second kappa shape index (κ2) is 9.85. The lowest BCUT2D eigenvalue weighted by molar-refractivity contribution is -0.166. The van der Waals surface area contributed by atoms with E-state index in [1.807, 2.05) is 32.2 Å². The van der Waals surface area contributed by atoms with Gasteiger partial charge >= 0.3 is 5.97 Å². The number of aromatic nitrogens is 4. The van der Waals surface area contributed by atoms with Gasteiger partial charge in [-0.3, -0.25) is 4.79 Å². The smallest absolute Gasteiger partial charge is 0.304 e. The molecule has 4 aromatic rings. The molecule has 1 saturated heterocycles. The van der Waals surface area contributed by atoms with Gasteiger partial charge in [0.05, 0.1) is 31.7 Å². The Balaban J connectivity index is 1.33. The van der Waals surface area contributed by atoms with Crippen molar-refractivity contribution < 1.29 is 27.8 Å². The number of hydrogen-bond acceptors (Lipinski definition) is 8. The van der Waals surface area contributed by atoms with Gasteiger partial charge in [-0.05, 0) is 77.8 Å². The molecular formula is C30H31N5O6S. The van der Waals surface area contributed by atoms with Crippen molar-refractivity contribution in [3.63, 3.8) is 0 Å². The third-order valence-corrected chi connectivity index (χ3v) is 10.6. The summed E-state index contributed by atoms with van der Waals surface area (Å²) in [5.41, 5.74) is 6.59. The molecule has 1 aliphatic carbocycles. The van der Waals surface area contributed by atoms with Crippen molar-refractivity contribution in [3.8, 4) is 5.88 Å². The van der Waals surface area contributed by atoms with Gasteiger partial charge < -0.3 is 14.6 Å². The number of carbonyl (C=O) groups is 1. The van der Waals surface area contributed by atoms with Crippen LogP contribution in [0, 0.1) is 6.92 Å². The Kier molecular flexibility index (Phi) is 6.33. The molecule has 1 unspecified atom stereocenters. The Hall–Kier alpha value is -3.87. The minimum Gasteiger partial charge on any atom is -0.481 e. The first-order valence-electron chi connectivity index (χ1n) is 14.0. The highest BCUT2D eigenvalue weighted by atomic mass is 32.2. The zero-order valence-corrected chi connectivity index (χ0v) is 24.2. The van der Waals surface area contributed by atoms with Crippen LogP contribution in [0.5, 0.6) is 5.88 Å². The normalized spacial score (nSPS) is 19.5. The predicted octanol–water partition coefficient (Wildman–Crippen LogP) is 3.12. The average molecular weight is 590 g/mol. The minimum absolute atomic E-state index is 0.0400. The van der Waals surface area contributed by atoms with E-state index in [1.54, 1.807) is 10.7 Å². The van der Waals surface area contributed by atoms with Crippen molar-refractivity contribution in [2.24, 2.45) is 7.05 Å². The van der Waals surface area contributed by atoms with E-state index in [-0.39, 0.29) is 43.5 Å². The first-order chi connectivity index (χ1) is 20.1.